The smallest absolute Gasteiger partial charge is 0.315 e. The van der Waals surface area contributed by atoms with Crippen LogP contribution in [0.4, 0.5) is 9.93 Å². The number of hydrogen-bond donors (Lipinski definition) is 2. The largest absolute Gasteiger partial charge is 0.348 e. The molecule has 1 aliphatic heterocycles. The van der Waals surface area contributed by atoms with Gasteiger partial charge in [-0.3, -0.25) is 0 Å². The van der Waals surface area contributed by atoms with Crippen LogP contribution < -0.4 is 15.5 Å². The zero-order valence-corrected chi connectivity index (χ0v) is 13.9. The molecule has 6 heteroatoms. The van der Waals surface area contributed by atoms with Crippen molar-refractivity contribution in [1.82, 2.24) is 15.6 Å². The van der Waals surface area contributed by atoms with E-state index in [2.05, 4.69) is 32.7 Å². The van der Waals surface area contributed by atoms with Gasteiger partial charge in [-0.1, -0.05) is 30.3 Å². The van der Waals surface area contributed by atoms with E-state index in [-0.39, 0.29) is 12.1 Å². The van der Waals surface area contributed by atoms with E-state index in [0.29, 0.717) is 6.54 Å². The molecule has 23 heavy (non-hydrogen) atoms. The quantitative estimate of drug-likeness (QED) is 0.886. The van der Waals surface area contributed by atoms with Crippen molar-refractivity contribution in [2.75, 3.05) is 24.5 Å². The number of carbonyl (C=O) groups excluding carboxylic acids is 1. The average molecular weight is 330 g/mol. The lowest BCUT2D eigenvalue weighted by Gasteiger charge is -2.32. The number of nitrogens with zero attached hydrogens (tertiary/aromatic N) is 2. The Kier molecular flexibility index (Phi) is 5.47. The second-order valence-corrected chi connectivity index (χ2v) is 6.58. The summed E-state index contributed by atoms with van der Waals surface area (Å²) in [5.41, 5.74) is 1.24. The molecule has 0 spiro atoms. The van der Waals surface area contributed by atoms with Crippen LogP contribution in [0.25, 0.3) is 0 Å². The Hall–Kier alpha value is -2.08. The highest BCUT2D eigenvalue weighted by Crippen LogP contribution is 2.21. The molecule has 122 valence electrons. The summed E-state index contributed by atoms with van der Waals surface area (Å²) in [6, 6.07) is 10.4. The summed E-state index contributed by atoms with van der Waals surface area (Å²) in [5.74, 6) is 0. The van der Waals surface area contributed by atoms with Crippen molar-refractivity contribution in [3.8, 4) is 0 Å². The molecule has 5 nitrogen and oxygen atoms in total. The highest BCUT2D eigenvalue weighted by atomic mass is 32.1. The third-order valence-corrected chi connectivity index (χ3v) is 4.89. The zero-order chi connectivity index (χ0) is 15.9. The fraction of sp³-hybridized carbons (Fsp3) is 0.412. The molecule has 0 saturated carbocycles. The summed E-state index contributed by atoms with van der Waals surface area (Å²) in [6.07, 6.45) is 4.62. The maximum absolute atomic E-state index is 12.0. The van der Waals surface area contributed by atoms with Crippen molar-refractivity contribution >= 4 is 22.5 Å². The molecule has 0 bridgehead atoms. The molecule has 1 fully saturated rings. The number of anilines is 1. The van der Waals surface area contributed by atoms with Gasteiger partial charge >= 0.3 is 6.03 Å². The third-order valence-electron chi connectivity index (χ3n) is 4.06. The van der Waals surface area contributed by atoms with Crippen LogP contribution in [-0.4, -0.2) is 36.7 Å². The van der Waals surface area contributed by atoms with Crippen molar-refractivity contribution in [3.05, 3.63) is 47.5 Å². The van der Waals surface area contributed by atoms with Crippen molar-refractivity contribution < 1.29 is 4.79 Å². The first-order chi connectivity index (χ1) is 11.3. The standard InChI is InChI=1S/C17H22N4OS/c22-16(18-9-6-14-4-2-1-3-5-14)20-15-7-11-21(12-8-15)17-19-10-13-23-17/h1-5,10,13,15H,6-9,11-12H2,(H2,18,20,22). The molecule has 2 heterocycles. The molecule has 0 radical (unpaired) electrons. The SMILES string of the molecule is O=C(NCCc1ccccc1)NC1CCN(c2nccs2)CC1. The van der Waals surface area contributed by atoms with E-state index in [4.69, 9.17) is 0 Å². The molecule has 1 aromatic carbocycles. The maximum Gasteiger partial charge on any atom is 0.315 e. The van der Waals surface area contributed by atoms with Crippen molar-refractivity contribution in [2.24, 2.45) is 0 Å². The third kappa shape index (κ3) is 4.69. The second-order valence-electron chi connectivity index (χ2n) is 5.71. The molecule has 1 aromatic heterocycles. The summed E-state index contributed by atoms with van der Waals surface area (Å²) in [7, 11) is 0. The molecule has 0 atom stereocenters. The van der Waals surface area contributed by atoms with Crippen LogP contribution in [0, 0.1) is 0 Å². The Morgan fingerprint density at radius 2 is 2.04 bits per heavy atom. The lowest BCUT2D eigenvalue weighted by molar-refractivity contribution is 0.234. The number of benzene rings is 1. The Labute approximate surface area is 140 Å². The van der Waals surface area contributed by atoms with Crippen LogP contribution >= 0.6 is 11.3 Å². The minimum absolute atomic E-state index is 0.0615. The monoisotopic (exact) mass is 330 g/mol. The van der Waals surface area contributed by atoms with Crippen LogP contribution in [0.15, 0.2) is 41.9 Å². The van der Waals surface area contributed by atoms with Crippen LogP contribution in [-0.2, 0) is 6.42 Å². The van der Waals surface area contributed by atoms with E-state index < -0.39 is 0 Å². The zero-order valence-electron chi connectivity index (χ0n) is 13.1. The lowest BCUT2D eigenvalue weighted by atomic mass is 10.1. The number of aromatic nitrogens is 1. The molecule has 0 unspecified atom stereocenters. The summed E-state index contributed by atoms with van der Waals surface area (Å²) in [5, 5.41) is 9.10. The normalized spacial score (nSPS) is 15.4. The minimum Gasteiger partial charge on any atom is -0.348 e. The fourth-order valence-corrected chi connectivity index (χ4v) is 3.49. The van der Waals surface area contributed by atoms with Gasteiger partial charge in [-0.25, -0.2) is 9.78 Å². The second kappa shape index (κ2) is 7.97. The number of thiazole rings is 1. The number of urea groups is 1. The topological polar surface area (TPSA) is 57.3 Å². The van der Waals surface area contributed by atoms with Crippen LogP contribution in [0.3, 0.4) is 0 Å². The Bertz CT molecular complexity index is 594. The number of amides is 2. The molecule has 2 N–H and O–H groups in total. The van der Waals surface area contributed by atoms with Gasteiger partial charge in [0.2, 0.25) is 0 Å². The number of piperidine rings is 1. The summed E-state index contributed by atoms with van der Waals surface area (Å²) >= 11 is 1.67. The molecule has 2 amide bonds. The number of hydrogen-bond acceptors (Lipinski definition) is 4. The molecule has 0 aliphatic carbocycles. The van der Waals surface area contributed by atoms with Gasteiger partial charge in [0.15, 0.2) is 5.13 Å². The van der Waals surface area contributed by atoms with Gasteiger partial charge in [-0.15, -0.1) is 11.3 Å². The Balaban J connectivity index is 1.34. The minimum atomic E-state index is -0.0615. The van der Waals surface area contributed by atoms with Crippen molar-refractivity contribution in [1.29, 1.82) is 0 Å². The van der Waals surface area contributed by atoms with E-state index in [1.54, 1.807) is 11.3 Å². The Morgan fingerprint density at radius 1 is 1.26 bits per heavy atom. The van der Waals surface area contributed by atoms with E-state index in [9.17, 15) is 4.79 Å². The number of nitrogens with one attached hydrogen (secondary N) is 2. The number of rotatable bonds is 5. The average Bonchev–Trinajstić information content (AvgIpc) is 3.11. The van der Waals surface area contributed by atoms with Gasteiger partial charge in [-0.2, -0.15) is 0 Å². The molecule has 1 saturated heterocycles. The van der Waals surface area contributed by atoms with E-state index in [0.717, 1.165) is 37.5 Å². The molecule has 1 aliphatic rings. The molecular formula is C17H22N4OS. The highest BCUT2D eigenvalue weighted by molar-refractivity contribution is 7.13. The van der Waals surface area contributed by atoms with E-state index >= 15 is 0 Å². The first-order valence-electron chi connectivity index (χ1n) is 8.04. The first-order valence-corrected chi connectivity index (χ1v) is 8.92. The molecule has 2 aromatic rings. The van der Waals surface area contributed by atoms with Gasteiger partial charge in [0.25, 0.3) is 0 Å². The summed E-state index contributed by atoms with van der Waals surface area (Å²) in [6.45, 7) is 2.55. The predicted molar refractivity (Wildman–Crippen MR) is 94.0 cm³/mol. The fourth-order valence-electron chi connectivity index (χ4n) is 2.79. The van der Waals surface area contributed by atoms with Crippen LogP contribution in [0.1, 0.15) is 18.4 Å². The van der Waals surface area contributed by atoms with E-state index in [1.807, 2.05) is 29.8 Å². The van der Waals surface area contributed by atoms with Gasteiger partial charge in [0.05, 0.1) is 0 Å². The maximum atomic E-state index is 12.0. The van der Waals surface area contributed by atoms with Crippen LogP contribution in [0.5, 0.6) is 0 Å². The van der Waals surface area contributed by atoms with E-state index in [1.165, 1.54) is 5.56 Å². The lowest BCUT2D eigenvalue weighted by Crippen LogP contribution is -2.48. The predicted octanol–water partition coefficient (Wildman–Crippen LogP) is 2.65. The Morgan fingerprint density at radius 3 is 2.74 bits per heavy atom. The number of carbonyl (C=O) groups is 1. The van der Waals surface area contributed by atoms with Gasteiger partial charge in [-0.05, 0) is 24.8 Å². The molecule has 3 rings (SSSR count). The van der Waals surface area contributed by atoms with Gasteiger partial charge in [0, 0.05) is 37.3 Å². The first kappa shape index (κ1) is 15.8. The van der Waals surface area contributed by atoms with Crippen molar-refractivity contribution in [3.63, 3.8) is 0 Å². The van der Waals surface area contributed by atoms with Crippen LogP contribution in [0.2, 0.25) is 0 Å². The van der Waals surface area contributed by atoms with Gasteiger partial charge in [0.1, 0.15) is 0 Å². The summed E-state index contributed by atoms with van der Waals surface area (Å²) in [4.78, 5) is 18.6. The molecular weight excluding hydrogens is 308 g/mol. The van der Waals surface area contributed by atoms with Gasteiger partial charge < -0.3 is 15.5 Å². The van der Waals surface area contributed by atoms with Crippen molar-refractivity contribution in [2.45, 2.75) is 25.3 Å². The summed E-state index contributed by atoms with van der Waals surface area (Å²) < 4.78 is 0. The highest BCUT2D eigenvalue weighted by Gasteiger charge is 2.21.